The zero-order valence-electron chi connectivity index (χ0n) is 12.2. The Bertz CT molecular complexity index is 804. The lowest BCUT2D eigenvalue weighted by molar-refractivity contribution is 0.0695. The van der Waals surface area contributed by atoms with Crippen LogP contribution in [0.25, 0.3) is 0 Å². The topological polar surface area (TPSA) is 62.2 Å². The number of carboxylic acid groups (broad SMARTS) is 1. The van der Waals surface area contributed by atoms with Crippen molar-refractivity contribution in [2.45, 2.75) is 18.4 Å². The first-order chi connectivity index (χ1) is 11.2. The van der Waals surface area contributed by atoms with E-state index in [0.29, 0.717) is 10.6 Å². The van der Waals surface area contributed by atoms with E-state index in [4.69, 9.17) is 11.6 Å². The molecule has 1 aromatic heterocycles. The van der Waals surface area contributed by atoms with Crippen molar-refractivity contribution in [3.8, 4) is 0 Å². The molecule has 2 aliphatic rings. The Balaban J connectivity index is 1.89. The normalized spacial score (nSPS) is 24.7. The highest BCUT2D eigenvalue weighted by molar-refractivity contribution is 6.33. The number of aromatic carboxylic acids is 1. The molecule has 1 aliphatic carbocycles. The van der Waals surface area contributed by atoms with Crippen LogP contribution in [0.2, 0.25) is 5.02 Å². The average Bonchev–Trinajstić information content (AvgIpc) is 3.05. The molecular formula is C18H15ClN2O2. The van der Waals surface area contributed by atoms with E-state index in [1.165, 1.54) is 0 Å². The summed E-state index contributed by atoms with van der Waals surface area (Å²) >= 11 is 6.37. The summed E-state index contributed by atoms with van der Waals surface area (Å²) in [6.45, 7) is 0. The molecule has 4 nitrogen and oxygen atoms in total. The summed E-state index contributed by atoms with van der Waals surface area (Å²) < 4.78 is 0. The van der Waals surface area contributed by atoms with E-state index in [-0.39, 0.29) is 17.9 Å². The van der Waals surface area contributed by atoms with Gasteiger partial charge in [0.2, 0.25) is 0 Å². The largest absolute Gasteiger partial charge is 0.478 e. The molecule has 0 radical (unpaired) electrons. The van der Waals surface area contributed by atoms with Crippen LogP contribution >= 0.6 is 11.6 Å². The van der Waals surface area contributed by atoms with Gasteiger partial charge in [-0.3, -0.25) is 4.98 Å². The smallest absolute Gasteiger partial charge is 0.336 e. The number of rotatable bonds is 2. The Morgan fingerprint density at radius 1 is 1.26 bits per heavy atom. The van der Waals surface area contributed by atoms with Crippen LogP contribution in [0.3, 0.4) is 0 Å². The first-order valence-corrected chi connectivity index (χ1v) is 7.93. The van der Waals surface area contributed by atoms with E-state index in [0.717, 1.165) is 23.2 Å². The number of benzene rings is 1. The number of pyridine rings is 1. The maximum atomic E-state index is 11.6. The molecule has 0 spiro atoms. The minimum atomic E-state index is -0.916. The molecule has 116 valence electrons. The maximum absolute atomic E-state index is 11.6. The number of halogens is 1. The second-order valence-electron chi connectivity index (χ2n) is 5.94. The number of nitrogens with zero attached hydrogens (tertiary/aromatic N) is 1. The van der Waals surface area contributed by atoms with Crippen molar-refractivity contribution in [1.82, 2.24) is 4.98 Å². The minimum absolute atomic E-state index is 0.0641. The fourth-order valence-corrected chi connectivity index (χ4v) is 3.98. The van der Waals surface area contributed by atoms with Crippen LogP contribution in [0.1, 0.15) is 39.9 Å². The first-order valence-electron chi connectivity index (χ1n) is 7.55. The third-order valence-electron chi connectivity index (χ3n) is 4.76. The molecule has 2 N–H and O–H groups in total. The van der Waals surface area contributed by atoms with E-state index < -0.39 is 5.97 Å². The lowest BCUT2D eigenvalue weighted by atomic mass is 9.75. The van der Waals surface area contributed by atoms with Gasteiger partial charge in [0, 0.05) is 18.3 Å². The minimum Gasteiger partial charge on any atom is -0.478 e. The van der Waals surface area contributed by atoms with E-state index in [9.17, 15) is 9.90 Å². The third-order valence-corrected chi connectivity index (χ3v) is 5.08. The first kappa shape index (κ1) is 14.3. The fourth-order valence-electron chi connectivity index (χ4n) is 3.76. The van der Waals surface area contributed by atoms with Gasteiger partial charge in [-0.25, -0.2) is 4.79 Å². The molecule has 2 aromatic rings. The predicted octanol–water partition coefficient (Wildman–Crippen LogP) is 4.26. The number of nitrogens with one attached hydrogen (secondary N) is 1. The van der Waals surface area contributed by atoms with Gasteiger partial charge < -0.3 is 10.4 Å². The number of hydrogen-bond acceptors (Lipinski definition) is 3. The van der Waals surface area contributed by atoms with Crippen molar-refractivity contribution in [3.63, 3.8) is 0 Å². The van der Waals surface area contributed by atoms with Crippen molar-refractivity contribution < 1.29 is 9.90 Å². The fraction of sp³-hybridized carbons (Fsp3) is 0.222. The molecule has 5 heteroatoms. The van der Waals surface area contributed by atoms with Gasteiger partial charge in [0.05, 0.1) is 22.3 Å². The summed E-state index contributed by atoms with van der Waals surface area (Å²) in [7, 11) is 0. The second kappa shape index (κ2) is 5.39. The molecule has 1 aromatic carbocycles. The van der Waals surface area contributed by atoms with Gasteiger partial charge in [0.1, 0.15) is 0 Å². The van der Waals surface area contributed by atoms with Gasteiger partial charge in [-0.2, -0.15) is 0 Å². The number of allylic oxidation sites excluding steroid dienone is 2. The molecule has 0 saturated carbocycles. The standard InChI is InChI=1S/C18H15ClN2O2/c19-14-5-4-13(18(22)23)15-11-2-1-3-12(11)16(21-17(14)15)10-6-8-20-9-7-10/h1-2,4-9,11-12,16,21H,3H2,(H,22,23)/t11-,12+,16+/m1/s1. The Morgan fingerprint density at radius 2 is 2.04 bits per heavy atom. The summed E-state index contributed by atoms with van der Waals surface area (Å²) in [5.41, 5.74) is 3.00. The van der Waals surface area contributed by atoms with Gasteiger partial charge in [0.15, 0.2) is 0 Å². The average molecular weight is 327 g/mol. The van der Waals surface area contributed by atoms with Gasteiger partial charge in [-0.15, -0.1) is 0 Å². The lowest BCUT2D eigenvalue weighted by Crippen LogP contribution is -2.30. The Kier molecular flexibility index (Phi) is 3.34. The van der Waals surface area contributed by atoms with Crippen molar-refractivity contribution in [2.24, 2.45) is 5.92 Å². The second-order valence-corrected chi connectivity index (χ2v) is 6.35. The SMILES string of the molecule is O=C(O)c1ccc(Cl)c2c1[C@@H]1C=CC[C@@H]1[C@H](c1ccncc1)N2. The molecule has 2 heterocycles. The number of fused-ring (bicyclic) bond motifs is 3. The molecule has 4 rings (SSSR count). The van der Waals surface area contributed by atoms with Crippen molar-refractivity contribution in [3.05, 3.63) is 70.5 Å². The molecule has 1 aliphatic heterocycles. The number of aromatic nitrogens is 1. The summed E-state index contributed by atoms with van der Waals surface area (Å²) in [4.78, 5) is 15.7. The highest BCUT2D eigenvalue weighted by atomic mass is 35.5. The molecule has 0 fully saturated rings. The van der Waals surface area contributed by atoms with E-state index in [1.54, 1.807) is 24.5 Å². The summed E-state index contributed by atoms with van der Waals surface area (Å²) in [5, 5.41) is 13.6. The molecule has 0 saturated heterocycles. The molecular weight excluding hydrogens is 312 g/mol. The summed E-state index contributed by atoms with van der Waals surface area (Å²) in [5.74, 6) is -0.572. The number of carboxylic acids is 1. The molecule has 0 unspecified atom stereocenters. The van der Waals surface area contributed by atoms with Gasteiger partial charge in [0.25, 0.3) is 0 Å². The Morgan fingerprint density at radius 3 is 2.78 bits per heavy atom. The van der Waals surface area contributed by atoms with Crippen LogP contribution in [0, 0.1) is 5.92 Å². The Hall–Kier alpha value is -2.33. The van der Waals surface area contributed by atoms with Crippen LogP contribution in [0.15, 0.2) is 48.8 Å². The van der Waals surface area contributed by atoms with Crippen LogP contribution in [0.5, 0.6) is 0 Å². The maximum Gasteiger partial charge on any atom is 0.336 e. The van der Waals surface area contributed by atoms with Crippen LogP contribution in [-0.4, -0.2) is 16.1 Å². The highest BCUT2D eigenvalue weighted by Gasteiger charge is 2.40. The molecule has 23 heavy (non-hydrogen) atoms. The number of carbonyl (C=O) groups is 1. The van der Waals surface area contributed by atoms with E-state index in [1.807, 2.05) is 12.1 Å². The van der Waals surface area contributed by atoms with Crippen molar-refractivity contribution in [2.75, 3.05) is 5.32 Å². The van der Waals surface area contributed by atoms with Crippen molar-refractivity contribution >= 4 is 23.3 Å². The van der Waals surface area contributed by atoms with Gasteiger partial charge in [-0.1, -0.05) is 23.8 Å². The summed E-state index contributed by atoms with van der Waals surface area (Å²) in [6.07, 6.45) is 8.71. The van der Waals surface area contributed by atoms with Gasteiger partial charge >= 0.3 is 5.97 Å². The van der Waals surface area contributed by atoms with Crippen LogP contribution in [-0.2, 0) is 0 Å². The van der Waals surface area contributed by atoms with Gasteiger partial charge in [-0.05, 0) is 47.7 Å². The Labute approximate surface area is 138 Å². The zero-order chi connectivity index (χ0) is 16.0. The van der Waals surface area contributed by atoms with Crippen molar-refractivity contribution in [1.29, 1.82) is 0 Å². The number of anilines is 1. The number of hydrogen-bond donors (Lipinski definition) is 2. The molecule has 3 atom stereocenters. The molecule has 0 bridgehead atoms. The van der Waals surface area contributed by atoms with Crippen LogP contribution in [0.4, 0.5) is 5.69 Å². The lowest BCUT2D eigenvalue weighted by Gasteiger charge is -2.38. The van der Waals surface area contributed by atoms with E-state index >= 15 is 0 Å². The third kappa shape index (κ3) is 2.21. The van der Waals surface area contributed by atoms with E-state index in [2.05, 4.69) is 22.5 Å². The monoisotopic (exact) mass is 326 g/mol. The quantitative estimate of drug-likeness (QED) is 0.809. The molecule has 0 amide bonds. The predicted molar refractivity (Wildman–Crippen MR) is 89.0 cm³/mol. The zero-order valence-corrected chi connectivity index (χ0v) is 13.0. The highest BCUT2D eigenvalue weighted by Crippen LogP contribution is 2.52. The van der Waals surface area contributed by atoms with Crippen LogP contribution < -0.4 is 5.32 Å². The summed E-state index contributed by atoms with van der Waals surface area (Å²) in [6, 6.07) is 7.33.